The molecule has 3 aliphatic carbocycles. The minimum atomic E-state index is -3.40. The van der Waals surface area contributed by atoms with Gasteiger partial charge in [-0.05, 0) is 75.5 Å². The summed E-state index contributed by atoms with van der Waals surface area (Å²) in [5.41, 5.74) is 0. The number of aliphatic carboxylic acids is 1. The summed E-state index contributed by atoms with van der Waals surface area (Å²) in [4.78, 5) is 11.3. The van der Waals surface area contributed by atoms with Gasteiger partial charge in [-0.2, -0.15) is 0 Å². The SMILES string of the molecule is COC1CCC(CN(CC2CCCCC2)S(=O)(=O)C2CCC(C(=O)O)CC2)CC1C. The molecule has 7 heteroatoms. The van der Waals surface area contributed by atoms with Crippen LogP contribution < -0.4 is 0 Å². The smallest absolute Gasteiger partial charge is 0.306 e. The molecule has 3 rings (SSSR count). The van der Waals surface area contributed by atoms with Crippen LogP contribution in [-0.2, 0) is 19.6 Å². The van der Waals surface area contributed by atoms with Crippen molar-refractivity contribution in [1.82, 2.24) is 4.31 Å². The molecule has 0 aliphatic heterocycles. The molecule has 3 atom stereocenters. The molecule has 3 fully saturated rings. The Morgan fingerprint density at radius 1 is 0.933 bits per heavy atom. The summed E-state index contributed by atoms with van der Waals surface area (Å²) in [7, 11) is -1.63. The second-order valence-electron chi connectivity index (χ2n) is 10.1. The highest BCUT2D eigenvalue weighted by Crippen LogP contribution is 2.36. The summed E-state index contributed by atoms with van der Waals surface area (Å²) in [6.07, 6.45) is 11.2. The number of carbonyl (C=O) groups is 1. The molecule has 6 nitrogen and oxygen atoms in total. The number of ether oxygens (including phenoxy) is 1. The van der Waals surface area contributed by atoms with Crippen LogP contribution in [0.5, 0.6) is 0 Å². The zero-order chi connectivity index (χ0) is 21.7. The molecule has 3 saturated carbocycles. The average molecular weight is 444 g/mol. The van der Waals surface area contributed by atoms with Crippen molar-refractivity contribution in [2.24, 2.45) is 23.7 Å². The highest BCUT2D eigenvalue weighted by molar-refractivity contribution is 7.89. The summed E-state index contributed by atoms with van der Waals surface area (Å²) in [5, 5.41) is 8.85. The van der Waals surface area contributed by atoms with E-state index in [-0.39, 0.29) is 12.0 Å². The van der Waals surface area contributed by atoms with Crippen molar-refractivity contribution in [2.75, 3.05) is 20.2 Å². The lowest BCUT2D eigenvalue weighted by Gasteiger charge is -2.39. The van der Waals surface area contributed by atoms with Crippen molar-refractivity contribution in [2.45, 2.75) is 95.3 Å². The Balaban J connectivity index is 1.69. The highest BCUT2D eigenvalue weighted by atomic mass is 32.2. The third kappa shape index (κ3) is 5.98. The molecule has 1 N–H and O–H groups in total. The highest BCUT2D eigenvalue weighted by Gasteiger charge is 2.39. The van der Waals surface area contributed by atoms with Crippen LogP contribution in [0.3, 0.4) is 0 Å². The molecule has 174 valence electrons. The summed E-state index contributed by atoms with van der Waals surface area (Å²) in [6.45, 7) is 3.49. The third-order valence-electron chi connectivity index (χ3n) is 7.95. The number of hydrogen-bond donors (Lipinski definition) is 1. The normalized spacial score (nSPS) is 34.2. The lowest BCUT2D eigenvalue weighted by atomic mass is 9.80. The van der Waals surface area contributed by atoms with Gasteiger partial charge in [-0.3, -0.25) is 4.79 Å². The molecule has 0 aromatic carbocycles. The molecular weight excluding hydrogens is 402 g/mol. The van der Waals surface area contributed by atoms with E-state index in [1.165, 1.54) is 19.3 Å². The van der Waals surface area contributed by atoms with E-state index < -0.39 is 21.2 Å². The summed E-state index contributed by atoms with van der Waals surface area (Å²) in [5.74, 6) is 0.151. The summed E-state index contributed by atoms with van der Waals surface area (Å²) < 4.78 is 34.8. The number of rotatable bonds is 8. The number of carboxylic acids is 1. The minimum absolute atomic E-state index is 0.288. The monoisotopic (exact) mass is 443 g/mol. The number of hydrogen-bond acceptors (Lipinski definition) is 4. The number of methoxy groups -OCH3 is 1. The van der Waals surface area contributed by atoms with Crippen LogP contribution in [0.1, 0.15) is 84.0 Å². The van der Waals surface area contributed by atoms with Gasteiger partial charge in [0.15, 0.2) is 0 Å². The van der Waals surface area contributed by atoms with Crippen LogP contribution >= 0.6 is 0 Å². The van der Waals surface area contributed by atoms with Gasteiger partial charge in [0.25, 0.3) is 0 Å². The van der Waals surface area contributed by atoms with Crippen LogP contribution in [0.2, 0.25) is 0 Å². The molecule has 0 amide bonds. The van der Waals surface area contributed by atoms with Crippen LogP contribution in [0.4, 0.5) is 0 Å². The van der Waals surface area contributed by atoms with Gasteiger partial charge in [0.1, 0.15) is 0 Å². The van der Waals surface area contributed by atoms with Gasteiger partial charge in [-0.1, -0.05) is 26.2 Å². The Kier molecular flexibility index (Phi) is 8.62. The van der Waals surface area contributed by atoms with E-state index in [0.717, 1.165) is 32.1 Å². The van der Waals surface area contributed by atoms with E-state index in [0.29, 0.717) is 56.5 Å². The Morgan fingerprint density at radius 3 is 2.13 bits per heavy atom. The van der Waals surface area contributed by atoms with Crippen molar-refractivity contribution < 1.29 is 23.1 Å². The van der Waals surface area contributed by atoms with Gasteiger partial charge in [-0.25, -0.2) is 12.7 Å². The zero-order valence-electron chi connectivity index (χ0n) is 18.8. The van der Waals surface area contributed by atoms with E-state index in [9.17, 15) is 18.3 Å². The molecule has 0 aromatic heterocycles. The van der Waals surface area contributed by atoms with Gasteiger partial charge in [0, 0.05) is 20.2 Å². The van der Waals surface area contributed by atoms with Crippen molar-refractivity contribution in [1.29, 1.82) is 0 Å². The standard InChI is InChI=1S/C23H41NO5S/c1-17-14-19(8-13-22(17)29-2)16-24(15-18-6-4-3-5-7-18)30(27,28)21-11-9-20(10-12-21)23(25)26/h17-22H,3-16H2,1-2H3,(H,25,26). The van der Waals surface area contributed by atoms with Crippen molar-refractivity contribution in [3.63, 3.8) is 0 Å². The van der Waals surface area contributed by atoms with Gasteiger partial charge >= 0.3 is 5.97 Å². The van der Waals surface area contributed by atoms with E-state index in [1.807, 2.05) is 4.31 Å². The predicted molar refractivity (Wildman–Crippen MR) is 118 cm³/mol. The van der Waals surface area contributed by atoms with E-state index in [2.05, 4.69) is 6.92 Å². The molecule has 0 spiro atoms. The first-order valence-electron chi connectivity index (χ1n) is 12.1. The van der Waals surface area contributed by atoms with Crippen molar-refractivity contribution in [3.05, 3.63) is 0 Å². The Hall–Kier alpha value is -0.660. The fraction of sp³-hybridized carbons (Fsp3) is 0.957. The number of sulfonamides is 1. The fourth-order valence-corrected chi connectivity index (χ4v) is 8.17. The largest absolute Gasteiger partial charge is 0.481 e. The lowest BCUT2D eigenvalue weighted by Crippen LogP contribution is -2.46. The average Bonchev–Trinajstić information content (AvgIpc) is 2.74. The Morgan fingerprint density at radius 2 is 1.57 bits per heavy atom. The molecule has 0 radical (unpaired) electrons. The summed E-state index contributed by atoms with van der Waals surface area (Å²) >= 11 is 0. The maximum absolute atomic E-state index is 13.7. The van der Waals surface area contributed by atoms with Gasteiger partial charge in [0.05, 0.1) is 17.3 Å². The van der Waals surface area contributed by atoms with Crippen LogP contribution in [0.25, 0.3) is 0 Å². The number of nitrogens with zero attached hydrogens (tertiary/aromatic N) is 1. The van der Waals surface area contributed by atoms with E-state index in [1.54, 1.807) is 7.11 Å². The first-order chi connectivity index (χ1) is 14.3. The predicted octanol–water partition coefficient (Wildman–Crippen LogP) is 4.29. The molecule has 3 unspecified atom stereocenters. The molecule has 0 bridgehead atoms. The van der Waals surface area contributed by atoms with Gasteiger partial charge in [-0.15, -0.1) is 0 Å². The maximum atomic E-state index is 13.7. The van der Waals surface area contributed by atoms with Crippen LogP contribution in [-0.4, -0.2) is 55.4 Å². The molecule has 0 aromatic rings. The van der Waals surface area contributed by atoms with Crippen molar-refractivity contribution >= 4 is 16.0 Å². The Bertz CT molecular complexity index is 653. The zero-order valence-corrected chi connectivity index (χ0v) is 19.6. The molecule has 0 heterocycles. The van der Waals surface area contributed by atoms with Crippen molar-refractivity contribution in [3.8, 4) is 0 Å². The first kappa shape index (κ1) is 24.0. The van der Waals surface area contributed by atoms with Gasteiger partial charge < -0.3 is 9.84 Å². The van der Waals surface area contributed by atoms with Crippen LogP contribution in [0.15, 0.2) is 0 Å². The molecule has 3 aliphatic rings. The fourth-order valence-electron chi connectivity index (χ4n) is 6.04. The van der Waals surface area contributed by atoms with E-state index in [4.69, 9.17) is 4.74 Å². The summed E-state index contributed by atoms with van der Waals surface area (Å²) in [6, 6.07) is 0. The maximum Gasteiger partial charge on any atom is 0.306 e. The molecule has 30 heavy (non-hydrogen) atoms. The third-order valence-corrected chi connectivity index (χ3v) is 10.3. The second kappa shape index (κ2) is 10.8. The van der Waals surface area contributed by atoms with E-state index >= 15 is 0 Å². The molecular formula is C23H41NO5S. The minimum Gasteiger partial charge on any atom is -0.481 e. The lowest BCUT2D eigenvalue weighted by molar-refractivity contribution is -0.142. The molecule has 0 saturated heterocycles. The number of carboxylic acid groups (broad SMARTS) is 1. The topological polar surface area (TPSA) is 83.9 Å². The first-order valence-corrected chi connectivity index (χ1v) is 13.6. The Labute approximate surface area is 182 Å². The quantitative estimate of drug-likeness (QED) is 0.605. The second-order valence-corrected chi connectivity index (χ2v) is 12.3. The van der Waals surface area contributed by atoms with Gasteiger partial charge in [0.2, 0.25) is 10.0 Å². The van der Waals surface area contributed by atoms with Crippen LogP contribution in [0, 0.1) is 23.7 Å².